The number of benzene rings is 2. The topological polar surface area (TPSA) is 50.7 Å². The van der Waals surface area contributed by atoms with Gasteiger partial charge in [0.1, 0.15) is 17.3 Å². The van der Waals surface area contributed by atoms with E-state index in [4.69, 9.17) is 9.47 Å². The van der Waals surface area contributed by atoms with E-state index in [-0.39, 0.29) is 18.5 Å². The summed E-state index contributed by atoms with van der Waals surface area (Å²) in [5, 5.41) is 13.0. The Labute approximate surface area is 141 Å². The summed E-state index contributed by atoms with van der Waals surface area (Å²) in [6.07, 6.45) is 1.73. The molecule has 0 bridgehead atoms. The molecular weight excluding hydrogens is 309 g/mol. The van der Waals surface area contributed by atoms with Crippen molar-refractivity contribution < 1.29 is 19.0 Å². The highest BCUT2D eigenvalue weighted by molar-refractivity contribution is 5.53. The van der Waals surface area contributed by atoms with Crippen LogP contribution >= 0.6 is 0 Å². The first-order valence-electron chi connectivity index (χ1n) is 8.26. The maximum Gasteiger partial charge on any atom is 0.124 e. The molecule has 4 nitrogen and oxygen atoms in total. The van der Waals surface area contributed by atoms with Crippen LogP contribution in [-0.2, 0) is 6.61 Å². The van der Waals surface area contributed by atoms with Gasteiger partial charge in [0.15, 0.2) is 0 Å². The number of aliphatic hydroxyl groups is 1. The van der Waals surface area contributed by atoms with Crippen molar-refractivity contribution in [3.05, 3.63) is 53.3 Å². The van der Waals surface area contributed by atoms with Crippen LogP contribution in [0.25, 0.3) is 0 Å². The highest BCUT2D eigenvalue weighted by Crippen LogP contribution is 2.35. The third-order valence-corrected chi connectivity index (χ3v) is 4.11. The van der Waals surface area contributed by atoms with Gasteiger partial charge in [-0.2, -0.15) is 0 Å². The van der Waals surface area contributed by atoms with Gasteiger partial charge in [0.05, 0.1) is 25.9 Å². The number of anilines is 1. The molecule has 0 fully saturated rings. The van der Waals surface area contributed by atoms with Gasteiger partial charge in [-0.15, -0.1) is 0 Å². The van der Waals surface area contributed by atoms with Gasteiger partial charge in [-0.25, -0.2) is 4.39 Å². The van der Waals surface area contributed by atoms with Gasteiger partial charge < -0.3 is 19.9 Å². The van der Waals surface area contributed by atoms with E-state index in [0.29, 0.717) is 19.0 Å². The first-order valence-corrected chi connectivity index (χ1v) is 8.26. The lowest BCUT2D eigenvalue weighted by molar-refractivity contribution is 0.267. The summed E-state index contributed by atoms with van der Waals surface area (Å²) >= 11 is 0. The smallest absolute Gasteiger partial charge is 0.124 e. The first-order chi connectivity index (χ1) is 11.7. The van der Waals surface area contributed by atoms with E-state index in [2.05, 4.69) is 5.32 Å². The fraction of sp³-hybridized carbons (Fsp3) is 0.368. The first kappa shape index (κ1) is 16.6. The summed E-state index contributed by atoms with van der Waals surface area (Å²) < 4.78 is 24.9. The second kappa shape index (κ2) is 7.53. The lowest BCUT2D eigenvalue weighted by atomic mass is 10.0. The van der Waals surface area contributed by atoms with Crippen molar-refractivity contribution in [3.63, 3.8) is 0 Å². The lowest BCUT2D eigenvalue weighted by Gasteiger charge is -2.21. The normalized spacial score (nSPS) is 16.7. The highest BCUT2D eigenvalue weighted by atomic mass is 19.1. The SMILES string of the molecule is CCOc1ccc(NC2CCCOc3ccc(F)cc32)cc1CO. The number of rotatable bonds is 5. The Hall–Kier alpha value is -2.27. The second-order valence-corrected chi connectivity index (χ2v) is 5.78. The zero-order valence-corrected chi connectivity index (χ0v) is 13.7. The largest absolute Gasteiger partial charge is 0.494 e. The maximum absolute atomic E-state index is 13.7. The fourth-order valence-corrected chi connectivity index (χ4v) is 2.99. The van der Waals surface area contributed by atoms with Crippen LogP contribution in [0.5, 0.6) is 11.5 Å². The Morgan fingerprint density at radius 1 is 1.29 bits per heavy atom. The van der Waals surface area contributed by atoms with Crippen LogP contribution in [0.15, 0.2) is 36.4 Å². The second-order valence-electron chi connectivity index (χ2n) is 5.78. The maximum atomic E-state index is 13.7. The molecule has 2 aromatic carbocycles. The Morgan fingerprint density at radius 3 is 2.96 bits per heavy atom. The summed E-state index contributed by atoms with van der Waals surface area (Å²) in [5.41, 5.74) is 2.42. The fourth-order valence-electron chi connectivity index (χ4n) is 2.99. The van der Waals surface area contributed by atoms with Gasteiger partial charge in [0.2, 0.25) is 0 Å². The molecule has 2 N–H and O–H groups in total. The van der Waals surface area contributed by atoms with Crippen molar-refractivity contribution >= 4 is 5.69 Å². The molecule has 0 amide bonds. The zero-order valence-electron chi connectivity index (χ0n) is 13.7. The van der Waals surface area contributed by atoms with Crippen LogP contribution in [0.4, 0.5) is 10.1 Å². The number of nitrogens with one attached hydrogen (secondary N) is 1. The average molecular weight is 331 g/mol. The molecular formula is C19H22FNO3. The molecule has 2 aromatic rings. The molecule has 0 saturated carbocycles. The summed E-state index contributed by atoms with van der Waals surface area (Å²) in [5.74, 6) is 1.13. The van der Waals surface area contributed by atoms with Crippen LogP contribution in [0, 0.1) is 5.82 Å². The van der Waals surface area contributed by atoms with Gasteiger partial charge >= 0.3 is 0 Å². The van der Waals surface area contributed by atoms with Gasteiger partial charge in [-0.1, -0.05) is 0 Å². The summed E-state index contributed by atoms with van der Waals surface area (Å²) in [7, 11) is 0. The van der Waals surface area contributed by atoms with E-state index >= 15 is 0 Å². The number of ether oxygens (including phenoxy) is 2. The third-order valence-electron chi connectivity index (χ3n) is 4.11. The van der Waals surface area contributed by atoms with E-state index in [0.717, 1.165) is 35.4 Å². The number of hydrogen-bond acceptors (Lipinski definition) is 4. The van der Waals surface area contributed by atoms with Crippen LogP contribution in [0.1, 0.15) is 36.9 Å². The standard InChI is InChI=1S/C19H22FNO3/c1-2-23-18-8-6-15(10-13(18)12-22)21-17-4-3-9-24-19-7-5-14(20)11-16(17)19/h5-8,10-11,17,21-22H,2-4,9,12H2,1H3. The molecule has 0 aliphatic carbocycles. The predicted octanol–water partition coefficient (Wildman–Crippen LogP) is 4.04. The van der Waals surface area contributed by atoms with Crippen LogP contribution in [0.2, 0.25) is 0 Å². The Bertz CT molecular complexity index is 705. The van der Waals surface area contributed by atoms with E-state index in [1.807, 2.05) is 25.1 Å². The van der Waals surface area contributed by atoms with Crippen molar-refractivity contribution in [1.82, 2.24) is 0 Å². The molecule has 0 aromatic heterocycles. The monoisotopic (exact) mass is 331 g/mol. The average Bonchev–Trinajstić information content (AvgIpc) is 2.78. The van der Waals surface area contributed by atoms with Crippen molar-refractivity contribution in [3.8, 4) is 11.5 Å². The Balaban J connectivity index is 1.87. The minimum Gasteiger partial charge on any atom is -0.494 e. The quantitative estimate of drug-likeness (QED) is 0.868. The van der Waals surface area contributed by atoms with E-state index in [1.54, 1.807) is 6.07 Å². The number of aliphatic hydroxyl groups excluding tert-OH is 1. The number of hydrogen-bond donors (Lipinski definition) is 2. The third kappa shape index (κ3) is 3.62. The minimum atomic E-state index is -0.270. The highest BCUT2D eigenvalue weighted by Gasteiger charge is 2.20. The molecule has 5 heteroatoms. The molecule has 1 atom stereocenters. The van der Waals surface area contributed by atoms with Crippen molar-refractivity contribution in [2.75, 3.05) is 18.5 Å². The molecule has 0 spiro atoms. The van der Waals surface area contributed by atoms with E-state index in [9.17, 15) is 9.50 Å². The molecule has 128 valence electrons. The predicted molar refractivity (Wildman–Crippen MR) is 91.0 cm³/mol. The van der Waals surface area contributed by atoms with Gasteiger partial charge in [0.25, 0.3) is 0 Å². The van der Waals surface area contributed by atoms with E-state index < -0.39 is 0 Å². The van der Waals surface area contributed by atoms with Crippen molar-refractivity contribution in [1.29, 1.82) is 0 Å². The van der Waals surface area contributed by atoms with Gasteiger partial charge in [-0.3, -0.25) is 0 Å². The molecule has 24 heavy (non-hydrogen) atoms. The molecule has 0 saturated heterocycles. The number of halogens is 1. The van der Waals surface area contributed by atoms with Crippen molar-refractivity contribution in [2.45, 2.75) is 32.4 Å². The molecule has 1 aliphatic heterocycles. The zero-order chi connectivity index (χ0) is 16.9. The van der Waals surface area contributed by atoms with Crippen LogP contribution in [-0.4, -0.2) is 18.3 Å². The Kier molecular flexibility index (Phi) is 5.20. The molecule has 3 rings (SSSR count). The summed E-state index contributed by atoms with van der Waals surface area (Å²) in [6.45, 7) is 2.99. The lowest BCUT2D eigenvalue weighted by Crippen LogP contribution is -2.11. The summed E-state index contributed by atoms with van der Waals surface area (Å²) in [4.78, 5) is 0. The van der Waals surface area contributed by atoms with Gasteiger partial charge in [-0.05, 0) is 56.2 Å². The summed E-state index contributed by atoms with van der Waals surface area (Å²) in [6, 6.07) is 10.2. The molecule has 1 aliphatic rings. The molecule has 1 heterocycles. The molecule has 0 radical (unpaired) electrons. The minimum absolute atomic E-state index is 0.0392. The van der Waals surface area contributed by atoms with Crippen LogP contribution < -0.4 is 14.8 Å². The number of fused-ring (bicyclic) bond motifs is 1. The Morgan fingerprint density at radius 2 is 2.17 bits per heavy atom. The van der Waals surface area contributed by atoms with Crippen LogP contribution in [0.3, 0.4) is 0 Å². The van der Waals surface area contributed by atoms with Gasteiger partial charge in [0, 0.05) is 16.8 Å². The molecule has 1 unspecified atom stereocenters. The van der Waals surface area contributed by atoms with E-state index in [1.165, 1.54) is 12.1 Å². The van der Waals surface area contributed by atoms with Crippen molar-refractivity contribution in [2.24, 2.45) is 0 Å².